The summed E-state index contributed by atoms with van der Waals surface area (Å²) in [5.41, 5.74) is 1.54. The number of rotatable bonds is 9. The third-order valence-corrected chi connectivity index (χ3v) is 3.80. The molecule has 0 aliphatic carbocycles. The molecule has 0 heterocycles. The van der Waals surface area contributed by atoms with Gasteiger partial charge in [0.1, 0.15) is 5.75 Å². The molecule has 148 valence electrons. The number of carbonyl (C=O) groups excluding carboxylic acids is 3. The molecule has 0 radical (unpaired) electrons. The third-order valence-electron chi connectivity index (χ3n) is 3.80. The second-order valence-corrected chi connectivity index (χ2v) is 5.90. The van der Waals surface area contributed by atoms with Crippen LogP contribution in [0.4, 0.5) is 4.79 Å². The number of benzene rings is 2. The molecule has 0 unspecified atom stereocenters. The van der Waals surface area contributed by atoms with Crippen molar-refractivity contribution in [2.24, 2.45) is 0 Å². The van der Waals surface area contributed by atoms with Gasteiger partial charge in [0.25, 0.3) is 5.91 Å². The molecule has 0 aromatic heterocycles. The van der Waals surface area contributed by atoms with Crippen molar-refractivity contribution < 1.29 is 23.9 Å². The molecule has 0 atom stereocenters. The van der Waals surface area contributed by atoms with Crippen LogP contribution in [0.1, 0.15) is 29.3 Å². The molecular weight excluding hydrogens is 360 g/mol. The fourth-order valence-electron chi connectivity index (χ4n) is 2.39. The normalized spacial score (nSPS) is 10.0. The van der Waals surface area contributed by atoms with Crippen LogP contribution in [0.5, 0.6) is 5.75 Å². The molecule has 0 fully saturated rings. The molecule has 2 N–H and O–H groups in total. The van der Waals surface area contributed by atoms with E-state index in [1.165, 1.54) is 12.1 Å². The van der Waals surface area contributed by atoms with Crippen molar-refractivity contribution in [3.8, 4) is 5.75 Å². The van der Waals surface area contributed by atoms with Gasteiger partial charge in [-0.05, 0) is 43.2 Å². The minimum absolute atomic E-state index is 0.0569. The van der Waals surface area contributed by atoms with Crippen molar-refractivity contribution >= 4 is 18.0 Å². The molecule has 2 amide bonds. The first-order chi connectivity index (χ1) is 13.6. The van der Waals surface area contributed by atoms with Gasteiger partial charge in [-0.3, -0.25) is 9.59 Å². The summed E-state index contributed by atoms with van der Waals surface area (Å²) < 4.78 is 9.60. The van der Waals surface area contributed by atoms with Crippen LogP contribution in [0, 0.1) is 0 Å². The van der Waals surface area contributed by atoms with Crippen LogP contribution in [-0.4, -0.2) is 37.7 Å². The van der Waals surface area contributed by atoms with Gasteiger partial charge in [-0.2, -0.15) is 0 Å². The van der Waals surface area contributed by atoms with Crippen molar-refractivity contribution in [3.05, 3.63) is 65.7 Å². The highest BCUT2D eigenvalue weighted by Gasteiger charge is 2.08. The van der Waals surface area contributed by atoms with Gasteiger partial charge in [-0.1, -0.05) is 30.3 Å². The third kappa shape index (κ3) is 7.49. The lowest BCUT2D eigenvalue weighted by Gasteiger charge is -2.08. The van der Waals surface area contributed by atoms with Gasteiger partial charge in [0.2, 0.25) is 5.91 Å². The number of amides is 2. The van der Waals surface area contributed by atoms with Gasteiger partial charge in [-0.15, -0.1) is 0 Å². The molecule has 28 heavy (non-hydrogen) atoms. The van der Waals surface area contributed by atoms with E-state index < -0.39 is 6.16 Å². The molecule has 0 saturated heterocycles. The highest BCUT2D eigenvalue weighted by atomic mass is 16.7. The van der Waals surface area contributed by atoms with Crippen LogP contribution in [0.2, 0.25) is 0 Å². The van der Waals surface area contributed by atoms with Gasteiger partial charge in [0.05, 0.1) is 6.61 Å². The lowest BCUT2D eigenvalue weighted by atomic mass is 10.1. The maximum atomic E-state index is 12.1. The monoisotopic (exact) mass is 384 g/mol. The smallest absolute Gasteiger partial charge is 0.434 e. The number of ether oxygens (including phenoxy) is 2. The lowest BCUT2D eigenvalue weighted by molar-refractivity contribution is -0.121. The lowest BCUT2D eigenvalue weighted by Crippen LogP contribution is -2.34. The number of carbonyl (C=O) groups is 3. The first-order valence-electron chi connectivity index (χ1n) is 9.12. The topological polar surface area (TPSA) is 93.7 Å². The molecule has 7 nitrogen and oxygen atoms in total. The summed E-state index contributed by atoms with van der Waals surface area (Å²) in [6.07, 6.45) is 0.293. The second kappa shape index (κ2) is 11.4. The maximum absolute atomic E-state index is 12.1. The molecule has 2 aromatic carbocycles. The van der Waals surface area contributed by atoms with Gasteiger partial charge in [0.15, 0.2) is 0 Å². The van der Waals surface area contributed by atoms with E-state index in [-0.39, 0.29) is 18.4 Å². The van der Waals surface area contributed by atoms with Crippen molar-refractivity contribution in [1.82, 2.24) is 10.6 Å². The molecule has 2 rings (SSSR count). The van der Waals surface area contributed by atoms with Crippen molar-refractivity contribution in [2.45, 2.75) is 19.8 Å². The van der Waals surface area contributed by atoms with Crippen LogP contribution < -0.4 is 15.4 Å². The summed E-state index contributed by atoms with van der Waals surface area (Å²) in [7, 11) is 0. The molecule has 0 aliphatic heterocycles. The summed E-state index contributed by atoms with van der Waals surface area (Å²) in [6, 6.07) is 15.9. The predicted octanol–water partition coefficient (Wildman–Crippen LogP) is 2.70. The molecule has 7 heteroatoms. The second-order valence-electron chi connectivity index (χ2n) is 5.90. The van der Waals surface area contributed by atoms with E-state index in [0.29, 0.717) is 37.2 Å². The Bertz CT molecular complexity index is 775. The largest absolute Gasteiger partial charge is 0.513 e. The highest BCUT2D eigenvalue weighted by Crippen LogP contribution is 2.12. The van der Waals surface area contributed by atoms with Crippen LogP contribution in [0.3, 0.4) is 0 Å². The summed E-state index contributed by atoms with van der Waals surface area (Å²) in [5.74, 6) is -0.0412. The molecule has 2 aromatic rings. The van der Waals surface area contributed by atoms with Gasteiger partial charge in [0, 0.05) is 25.1 Å². The van der Waals surface area contributed by atoms with Crippen molar-refractivity contribution in [1.29, 1.82) is 0 Å². The quantitative estimate of drug-likeness (QED) is 0.394. The summed E-state index contributed by atoms with van der Waals surface area (Å²) in [6.45, 7) is 2.57. The number of hydrogen-bond donors (Lipinski definition) is 2. The summed E-state index contributed by atoms with van der Waals surface area (Å²) in [5, 5.41) is 5.50. The van der Waals surface area contributed by atoms with Crippen LogP contribution in [-0.2, 0) is 16.0 Å². The Morgan fingerprint density at radius 3 is 2.25 bits per heavy atom. The minimum Gasteiger partial charge on any atom is -0.434 e. The Labute approximate surface area is 164 Å². The van der Waals surface area contributed by atoms with E-state index in [0.717, 1.165) is 5.56 Å². The first kappa shape index (κ1) is 21.0. The van der Waals surface area contributed by atoms with E-state index in [1.54, 1.807) is 19.1 Å². The molecule has 0 aliphatic rings. The van der Waals surface area contributed by atoms with E-state index in [2.05, 4.69) is 15.4 Å². The first-order valence-corrected chi connectivity index (χ1v) is 9.12. The molecule has 0 spiro atoms. The van der Waals surface area contributed by atoms with E-state index >= 15 is 0 Å². The van der Waals surface area contributed by atoms with E-state index in [9.17, 15) is 14.4 Å². The van der Waals surface area contributed by atoms with Crippen molar-refractivity contribution in [3.63, 3.8) is 0 Å². The molecule has 0 saturated carbocycles. The highest BCUT2D eigenvalue weighted by molar-refractivity contribution is 5.94. The summed E-state index contributed by atoms with van der Waals surface area (Å²) in [4.78, 5) is 35.1. The molecule has 0 bridgehead atoms. The average Bonchev–Trinajstić information content (AvgIpc) is 2.71. The van der Waals surface area contributed by atoms with Crippen LogP contribution in [0.15, 0.2) is 54.6 Å². The van der Waals surface area contributed by atoms with Crippen LogP contribution >= 0.6 is 0 Å². The zero-order valence-electron chi connectivity index (χ0n) is 15.8. The van der Waals surface area contributed by atoms with E-state index in [1.807, 2.05) is 30.3 Å². The Balaban J connectivity index is 1.65. The van der Waals surface area contributed by atoms with Gasteiger partial charge < -0.3 is 20.1 Å². The fourth-order valence-corrected chi connectivity index (χ4v) is 2.39. The fraction of sp³-hybridized carbons (Fsp3) is 0.286. The SMILES string of the molecule is CCOC(=O)Oc1ccc(C(=O)NCCNC(=O)CCc2ccccc2)cc1. The Morgan fingerprint density at radius 2 is 1.57 bits per heavy atom. The summed E-state index contributed by atoms with van der Waals surface area (Å²) >= 11 is 0. The Kier molecular flexibility index (Phi) is 8.52. The van der Waals surface area contributed by atoms with E-state index in [4.69, 9.17) is 4.74 Å². The number of nitrogens with one attached hydrogen (secondary N) is 2. The number of aryl methyl sites for hydroxylation is 1. The zero-order valence-corrected chi connectivity index (χ0v) is 15.8. The minimum atomic E-state index is -0.789. The standard InChI is InChI=1S/C21H24N2O5/c1-2-27-21(26)28-18-11-9-17(10-12-18)20(25)23-15-14-22-19(24)13-8-16-6-4-3-5-7-16/h3-7,9-12H,2,8,13-15H2,1H3,(H,22,24)(H,23,25). The Hall–Kier alpha value is -3.35. The Morgan fingerprint density at radius 1 is 0.893 bits per heavy atom. The number of hydrogen-bond acceptors (Lipinski definition) is 5. The average molecular weight is 384 g/mol. The molecular formula is C21H24N2O5. The maximum Gasteiger partial charge on any atom is 0.513 e. The van der Waals surface area contributed by atoms with Crippen molar-refractivity contribution in [2.75, 3.05) is 19.7 Å². The zero-order chi connectivity index (χ0) is 20.2. The predicted molar refractivity (Wildman–Crippen MR) is 104 cm³/mol. The van der Waals surface area contributed by atoms with Crippen LogP contribution in [0.25, 0.3) is 0 Å². The van der Waals surface area contributed by atoms with Gasteiger partial charge >= 0.3 is 6.16 Å². The van der Waals surface area contributed by atoms with Gasteiger partial charge in [-0.25, -0.2) is 4.79 Å².